The van der Waals surface area contributed by atoms with Gasteiger partial charge < -0.3 is 9.26 Å². The number of ether oxygens (including phenoxy) is 1. The fourth-order valence-electron chi connectivity index (χ4n) is 2.77. The number of sulfonamides is 1. The number of hydrogen-bond donors (Lipinski definition) is 2. The van der Waals surface area contributed by atoms with Crippen molar-refractivity contribution < 1.29 is 31.3 Å². The number of nitrogens with one attached hydrogen (secondary N) is 2. The maximum atomic E-state index is 13.9. The van der Waals surface area contributed by atoms with Gasteiger partial charge in [0.25, 0.3) is 10.0 Å². The van der Waals surface area contributed by atoms with Gasteiger partial charge in [-0.05, 0) is 36.8 Å². The Hall–Kier alpha value is -3.47. The lowest BCUT2D eigenvalue weighted by atomic mass is 10.1. The maximum Gasteiger partial charge on any atom is 0.265 e. The van der Waals surface area contributed by atoms with Crippen molar-refractivity contribution in [2.24, 2.45) is 0 Å². The molecular weight excluding hydrogens is 420 g/mol. The second kappa shape index (κ2) is 8.11. The van der Waals surface area contributed by atoms with Crippen molar-refractivity contribution in [2.45, 2.75) is 18.7 Å². The van der Waals surface area contributed by atoms with Crippen LogP contribution in [0.25, 0.3) is 11.1 Å². The van der Waals surface area contributed by atoms with E-state index in [0.29, 0.717) is 22.9 Å². The highest BCUT2D eigenvalue weighted by Crippen LogP contribution is 2.36. The molecule has 0 aliphatic rings. The van der Waals surface area contributed by atoms with E-state index in [9.17, 15) is 22.0 Å². The highest BCUT2D eigenvalue weighted by atomic mass is 32.2. The van der Waals surface area contributed by atoms with E-state index in [1.165, 1.54) is 26.2 Å². The molecule has 8 nitrogen and oxygen atoms in total. The van der Waals surface area contributed by atoms with Crippen LogP contribution < -0.4 is 14.8 Å². The summed E-state index contributed by atoms with van der Waals surface area (Å²) < 4.78 is 65.2. The minimum Gasteiger partial charge on any atom is -0.495 e. The van der Waals surface area contributed by atoms with Crippen molar-refractivity contribution >= 4 is 27.5 Å². The summed E-state index contributed by atoms with van der Waals surface area (Å²) >= 11 is 0. The topological polar surface area (TPSA) is 111 Å². The molecule has 0 bridgehead atoms. The Morgan fingerprint density at radius 1 is 1.17 bits per heavy atom. The number of anilines is 2. The molecule has 2 aromatic carbocycles. The van der Waals surface area contributed by atoms with Gasteiger partial charge >= 0.3 is 0 Å². The average molecular weight is 437 g/mol. The molecule has 1 amide bonds. The summed E-state index contributed by atoms with van der Waals surface area (Å²) in [5.41, 5.74) is 0.712. The largest absolute Gasteiger partial charge is 0.495 e. The van der Waals surface area contributed by atoms with Crippen LogP contribution in [0.4, 0.5) is 20.4 Å². The Balaban J connectivity index is 2.09. The first-order valence-electron chi connectivity index (χ1n) is 8.52. The first-order chi connectivity index (χ1) is 14.1. The Morgan fingerprint density at radius 3 is 2.53 bits per heavy atom. The van der Waals surface area contributed by atoms with Crippen LogP contribution in [0.3, 0.4) is 0 Å². The summed E-state index contributed by atoms with van der Waals surface area (Å²) in [5.74, 6) is -2.28. The summed E-state index contributed by atoms with van der Waals surface area (Å²) in [6.07, 6.45) is 0. The fourth-order valence-corrected chi connectivity index (χ4v) is 4.03. The van der Waals surface area contributed by atoms with Crippen molar-refractivity contribution in [3.8, 4) is 16.9 Å². The van der Waals surface area contributed by atoms with Gasteiger partial charge in [0.2, 0.25) is 11.8 Å². The molecule has 2 N–H and O–H groups in total. The van der Waals surface area contributed by atoms with Gasteiger partial charge in [0.1, 0.15) is 22.3 Å². The van der Waals surface area contributed by atoms with E-state index in [1.807, 2.05) is 0 Å². The lowest BCUT2D eigenvalue weighted by Crippen LogP contribution is -2.15. The fraction of sp³-hybridized carbons (Fsp3) is 0.158. The number of carbonyl (C=O) groups is 1. The molecule has 3 rings (SSSR count). The standard InChI is InChI=1S/C19H17F2N3O5S/c1-10-18(19(29-23-10)22-11(2)25)12-4-7-16(28-3)17(8-12)30(26,27)24-15-6-5-13(20)9-14(15)21/h4-9,24H,1-3H3,(H,22,25). The summed E-state index contributed by atoms with van der Waals surface area (Å²) in [6.45, 7) is 2.90. The molecular formula is C19H17F2N3O5S. The van der Waals surface area contributed by atoms with Gasteiger partial charge in [-0.25, -0.2) is 17.2 Å². The molecule has 3 aromatic rings. The Kier molecular flexibility index (Phi) is 5.74. The number of carbonyl (C=O) groups excluding carboxylic acids is 1. The number of rotatable bonds is 6. The number of benzene rings is 2. The van der Waals surface area contributed by atoms with E-state index in [1.54, 1.807) is 13.0 Å². The molecule has 0 unspecified atom stereocenters. The zero-order valence-electron chi connectivity index (χ0n) is 16.1. The van der Waals surface area contributed by atoms with E-state index in [0.717, 1.165) is 12.1 Å². The van der Waals surface area contributed by atoms with Crippen LogP contribution in [0.2, 0.25) is 0 Å². The molecule has 11 heteroatoms. The van der Waals surface area contributed by atoms with E-state index in [2.05, 4.69) is 15.2 Å². The first-order valence-corrected chi connectivity index (χ1v) is 10.0. The predicted molar refractivity (Wildman–Crippen MR) is 105 cm³/mol. The summed E-state index contributed by atoms with van der Waals surface area (Å²) in [6, 6.07) is 6.68. The molecule has 0 fully saturated rings. The number of methoxy groups -OCH3 is 1. The molecule has 1 aromatic heterocycles. The SMILES string of the molecule is COc1ccc(-c2c(C)noc2NC(C)=O)cc1S(=O)(=O)Nc1ccc(F)cc1F. The quantitative estimate of drug-likeness (QED) is 0.609. The lowest BCUT2D eigenvalue weighted by Gasteiger charge is -2.14. The molecule has 0 aliphatic heterocycles. The Bertz CT molecular complexity index is 1220. The smallest absolute Gasteiger partial charge is 0.265 e. The van der Waals surface area contributed by atoms with Gasteiger partial charge in [-0.15, -0.1) is 0 Å². The summed E-state index contributed by atoms with van der Waals surface area (Å²) in [7, 11) is -3.05. The van der Waals surface area contributed by atoms with E-state index in [-0.39, 0.29) is 16.5 Å². The summed E-state index contributed by atoms with van der Waals surface area (Å²) in [4.78, 5) is 11.1. The van der Waals surface area contributed by atoms with E-state index >= 15 is 0 Å². The third-order valence-corrected chi connectivity index (χ3v) is 5.46. The lowest BCUT2D eigenvalue weighted by molar-refractivity contribution is -0.114. The maximum absolute atomic E-state index is 13.9. The summed E-state index contributed by atoms with van der Waals surface area (Å²) in [5, 5.41) is 6.28. The molecule has 0 aliphatic carbocycles. The number of amides is 1. The third kappa shape index (κ3) is 4.25. The van der Waals surface area contributed by atoms with Crippen molar-refractivity contribution in [1.29, 1.82) is 0 Å². The molecule has 0 spiro atoms. The van der Waals surface area contributed by atoms with Crippen LogP contribution >= 0.6 is 0 Å². The zero-order valence-corrected chi connectivity index (χ0v) is 16.9. The van der Waals surface area contributed by atoms with Gasteiger partial charge in [-0.3, -0.25) is 14.8 Å². The normalized spacial score (nSPS) is 11.2. The zero-order chi connectivity index (χ0) is 22.1. The van der Waals surface area contributed by atoms with Crippen molar-refractivity contribution in [2.75, 3.05) is 17.1 Å². The highest BCUT2D eigenvalue weighted by Gasteiger charge is 2.24. The Morgan fingerprint density at radius 2 is 1.90 bits per heavy atom. The predicted octanol–water partition coefficient (Wildman–Crippen LogP) is 3.70. The second-order valence-corrected chi connectivity index (χ2v) is 7.90. The van der Waals surface area contributed by atoms with Crippen LogP contribution in [0.5, 0.6) is 5.75 Å². The second-order valence-electron chi connectivity index (χ2n) is 6.25. The van der Waals surface area contributed by atoms with Crippen LogP contribution in [0, 0.1) is 18.6 Å². The molecule has 0 saturated carbocycles. The van der Waals surface area contributed by atoms with Crippen LogP contribution in [-0.4, -0.2) is 26.6 Å². The monoisotopic (exact) mass is 437 g/mol. The van der Waals surface area contributed by atoms with Gasteiger partial charge in [0.15, 0.2) is 0 Å². The van der Waals surface area contributed by atoms with Gasteiger partial charge in [-0.1, -0.05) is 11.2 Å². The number of aromatic nitrogens is 1. The molecule has 0 atom stereocenters. The Labute approximate surface area is 170 Å². The molecule has 0 radical (unpaired) electrons. The van der Waals surface area contributed by atoms with Gasteiger partial charge in [-0.2, -0.15) is 0 Å². The highest BCUT2D eigenvalue weighted by molar-refractivity contribution is 7.92. The van der Waals surface area contributed by atoms with Crippen LogP contribution in [0.15, 0.2) is 45.8 Å². The third-order valence-electron chi connectivity index (χ3n) is 4.07. The van der Waals surface area contributed by atoms with Crippen LogP contribution in [0.1, 0.15) is 12.6 Å². The number of hydrogen-bond acceptors (Lipinski definition) is 6. The molecule has 0 saturated heterocycles. The van der Waals surface area contributed by atoms with Crippen LogP contribution in [-0.2, 0) is 14.8 Å². The average Bonchev–Trinajstić information content (AvgIpc) is 3.03. The van der Waals surface area contributed by atoms with E-state index in [4.69, 9.17) is 9.26 Å². The van der Waals surface area contributed by atoms with Gasteiger partial charge in [0.05, 0.1) is 24.1 Å². The van der Waals surface area contributed by atoms with Gasteiger partial charge in [0, 0.05) is 13.0 Å². The number of nitrogens with zero attached hydrogens (tertiary/aromatic N) is 1. The number of halogens is 2. The van der Waals surface area contributed by atoms with Crippen molar-refractivity contribution in [1.82, 2.24) is 5.16 Å². The van der Waals surface area contributed by atoms with Crippen molar-refractivity contribution in [3.05, 3.63) is 53.7 Å². The molecule has 1 heterocycles. The minimum absolute atomic E-state index is 0.0102. The van der Waals surface area contributed by atoms with E-state index < -0.39 is 33.3 Å². The molecule has 158 valence electrons. The van der Waals surface area contributed by atoms with Crippen molar-refractivity contribution in [3.63, 3.8) is 0 Å². The number of aryl methyl sites for hydroxylation is 1. The minimum atomic E-state index is -4.33. The molecule has 30 heavy (non-hydrogen) atoms. The first kappa shape index (κ1) is 21.2.